The van der Waals surface area contributed by atoms with E-state index in [1.54, 1.807) is 23.0 Å². The fourth-order valence-electron chi connectivity index (χ4n) is 3.02. The molecule has 1 fully saturated rings. The van der Waals surface area contributed by atoms with Crippen LogP contribution in [0.2, 0.25) is 0 Å². The highest BCUT2D eigenvalue weighted by Gasteiger charge is 2.30. The van der Waals surface area contributed by atoms with E-state index in [4.69, 9.17) is 10.00 Å². The lowest BCUT2D eigenvalue weighted by molar-refractivity contribution is 0.0785. The summed E-state index contributed by atoms with van der Waals surface area (Å²) in [5.41, 5.74) is 2.72. The second-order valence-corrected chi connectivity index (χ2v) is 6.71. The first-order valence-electron chi connectivity index (χ1n) is 8.99. The van der Waals surface area contributed by atoms with Crippen molar-refractivity contribution >= 4 is 5.91 Å². The lowest BCUT2D eigenvalue weighted by atomic mass is 10.1. The quantitative estimate of drug-likeness (QED) is 0.686. The molecule has 1 aromatic carbocycles. The molecule has 1 aliphatic rings. The molecule has 0 unspecified atom stereocenters. The van der Waals surface area contributed by atoms with Gasteiger partial charge in [-0.05, 0) is 43.2 Å². The van der Waals surface area contributed by atoms with E-state index >= 15 is 0 Å². The Labute approximate surface area is 162 Å². The van der Waals surface area contributed by atoms with Crippen molar-refractivity contribution in [2.75, 3.05) is 14.2 Å². The lowest BCUT2D eigenvalue weighted by Crippen LogP contribution is -2.28. The molecular weight excluding hydrogens is 354 g/mol. The number of carbonyl (C=O) groups is 1. The van der Waals surface area contributed by atoms with E-state index in [9.17, 15) is 4.79 Å². The van der Waals surface area contributed by atoms with Crippen molar-refractivity contribution in [1.29, 1.82) is 5.26 Å². The molecule has 0 aliphatic heterocycles. The van der Waals surface area contributed by atoms with E-state index in [1.807, 2.05) is 48.3 Å². The molecule has 140 valence electrons. The molecule has 4 rings (SSSR count). The SMILES string of the molecule is COc1nc(-n2ccc(-c3ccc(C(=O)N(C)C4CC4)cc3)n2)ccc1C#N. The predicted molar refractivity (Wildman–Crippen MR) is 103 cm³/mol. The smallest absolute Gasteiger partial charge is 0.253 e. The van der Waals surface area contributed by atoms with E-state index in [0.717, 1.165) is 24.1 Å². The van der Waals surface area contributed by atoms with Crippen LogP contribution < -0.4 is 4.74 Å². The summed E-state index contributed by atoms with van der Waals surface area (Å²) in [7, 11) is 3.33. The number of carbonyl (C=O) groups excluding carboxylic acids is 1. The van der Waals surface area contributed by atoms with E-state index in [0.29, 0.717) is 23.0 Å². The third kappa shape index (κ3) is 3.32. The second kappa shape index (κ2) is 7.16. The Kier molecular flexibility index (Phi) is 4.53. The molecule has 0 N–H and O–H groups in total. The van der Waals surface area contributed by atoms with E-state index in [2.05, 4.69) is 10.1 Å². The fraction of sp³-hybridized carbons (Fsp3) is 0.238. The number of nitriles is 1. The fourth-order valence-corrected chi connectivity index (χ4v) is 3.02. The van der Waals surface area contributed by atoms with Gasteiger partial charge in [-0.25, -0.2) is 4.68 Å². The van der Waals surface area contributed by atoms with Gasteiger partial charge >= 0.3 is 0 Å². The average Bonchev–Trinajstić information content (AvgIpc) is 3.48. The topological polar surface area (TPSA) is 84.0 Å². The zero-order valence-electron chi connectivity index (χ0n) is 15.7. The Morgan fingerprint density at radius 1 is 1.21 bits per heavy atom. The highest BCUT2D eigenvalue weighted by Crippen LogP contribution is 2.27. The van der Waals surface area contributed by atoms with E-state index in [-0.39, 0.29) is 11.8 Å². The number of rotatable bonds is 5. The first-order chi connectivity index (χ1) is 13.6. The molecule has 0 radical (unpaired) electrons. The first kappa shape index (κ1) is 17.7. The van der Waals surface area contributed by atoms with Crippen LogP contribution in [0.3, 0.4) is 0 Å². The second-order valence-electron chi connectivity index (χ2n) is 6.71. The van der Waals surface area contributed by atoms with E-state index in [1.165, 1.54) is 7.11 Å². The minimum absolute atomic E-state index is 0.0495. The van der Waals surface area contributed by atoms with Crippen molar-refractivity contribution in [2.45, 2.75) is 18.9 Å². The number of nitrogens with zero attached hydrogens (tertiary/aromatic N) is 5. The van der Waals surface area contributed by atoms with Crippen molar-refractivity contribution in [3.63, 3.8) is 0 Å². The van der Waals surface area contributed by atoms with Gasteiger partial charge in [-0.3, -0.25) is 4.79 Å². The highest BCUT2D eigenvalue weighted by molar-refractivity contribution is 5.94. The predicted octanol–water partition coefficient (Wildman–Crippen LogP) is 3.05. The molecule has 7 nitrogen and oxygen atoms in total. The number of benzene rings is 1. The average molecular weight is 373 g/mol. The standard InChI is InChI=1S/C21H19N5O2/c1-25(17-8-9-17)21(27)15-5-3-14(4-6-15)18-11-12-26(24-18)19-10-7-16(13-22)20(23-19)28-2/h3-7,10-12,17H,8-9H2,1-2H3. The van der Waals surface area contributed by atoms with Gasteiger partial charge in [0.25, 0.3) is 5.91 Å². The van der Waals surface area contributed by atoms with Crippen molar-refractivity contribution in [1.82, 2.24) is 19.7 Å². The van der Waals surface area contributed by atoms with Gasteiger partial charge in [-0.1, -0.05) is 12.1 Å². The summed E-state index contributed by atoms with van der Waals surface area (Å²) < 4.78 is 6.78. The summed E-state index contributed by atoms with van der Waals surface area (Å²) in [5.74, 6) is 0.869. The summed E-state index contributed by atoms with van der Waals surface area (Å²) in [5, 5.41) is 13.6. The molecular formula is C21H19N5O2. The molecule has 28 heavy (non-hydrogen) atoms. The molecule has 1 aliphatic carbocycles. The highest BCUT2D eigenvalue weighted by atomic mass is 16.5. The molecule has 0 bridgehead atoms. The van der Waals surface area contributed by atoms with Crippen molar-refractivity contribution in [2.24, 2.45) is 0 Å². The number of hydrogen-bond donors (Lipinski definition) is 0. The Morgan fingerprint density at radius 2 is 1.96 bits per heavy atom. The molecule has 7 heteroatoms. The number of hydrogen-bond acceptors (Lipinski definition) is 5. The summed E-state index contributed by atoms with van der Waals surface area (Å²) in [6, 6.07) is 15.1. The summed E-state index contributed by atoms with van der Waals surface area (Å²) in [6.45, 7) is 0. The van der Waals surface area contributed by atoms with Gasteiger partial charge in [0.15, 0.2) is 5.82 Å². The maximum absolute atomic E-state index is 12.4. The number of amides is 1. The number of ether oxygens (including phenoxy) is 1. The van der Waals surface area contributed by atoms with Crippen molar-refractivity contribution in [3.8, 4) is 29.0 Å². The van der Waals surface area contributed by atoms with Crippen LogP contribution in [-0.2, 0) is 0 Å². The van der Waals surface area contributed by atoms with Crippen LogP contribution in [0.1, 0.15) is 28.8 Å². The minimum Gasteiger partial charge on any atom is -0.480 e. The van der Waals surface area contributed by atoms with Gasteiger partial charge in [-0.15, -0.1) is 0 Å². The van der Waals surface area contributed by atoms with Gasteiger partial charge in [0.1, 0.15) is 11.6 Å². The largest absolute Gasteiger partial charge is 0.480 e. The van der Waals surface area contributed by atoms with Gasteiger partial charge < -0.3 is 9.64 Å². The molecule has 2 aromatic heterocycles. The molecule has 0 atom stereocenters. The maximum atomic E-state index is 12.4. The number of aromatic nitrogens is 3. The summed E-state index contributed by atoms with van der Waals surface area (Å²) >= 11 is 0. The van der Waals surface area contributed by atoms with Crippen LogP contribution >= 0.6 is 0 Å². The van der Waals surface area contributed by atoms with Crippen LogP contribution in [0.25, 0.3) is 17.1 Å². The van der Waals surface area contributed by atoms with Gasteiger partial charge in [-0.2, -0.15) is 15.3 Å². The monoisotopic (exact) mass is 373 g/mol. The zero-order chi connectivity index (χ0) is 19.7. The molecule has 3 aromatic rings. The van der Waals surface area contributed by atoms with Gasteiger partial charge in [0.2, 0.25) is 5.88 Å². The Morgan fingerprint density at radius 3 is 2.61 bits per heavy atom. The van der Waals surface area contributed by atoms with Crippen LogP contribution in [0.5, 0.6) is 5.88 Å². The minimum atomic E-state index is 0.0495. The Hall–Kier alpha value is -3.66. The summed E-state index contributed by atoms with van der Waals surface area (Å²) in [4.78, 5) is 18.6. The Bertz CT molecular complexity index is 1060. The molecule has 2 heterocycles. The molecule has 1 amide bonds. The van der Waals surface area contributed by atoms with Crippen LogP contribution in [0.15, 0.2) is 48.7 Å². The maximum Gasteiger partial charge on any atom is 0.253 e. The van der Waals surface area contributed by atoms with Crippen LogP contribution in [0, 0.1) is 11.3 Å². The Balaban J connectivity index is 1.56. The lowest BCUT2D eigenvalue weighted by Gasteiger charge is -2.16. The number of methoxy groups -OCH3 is 1. The molecule has 1 saturated carbocycles. The zero-order valence-corrected chi connectivity index (χ0v) is 15.7. The summed E-state index contributed by atoms with van der Waals surface area (Å²) in [6.07, 6.45) is 3.97. The van der Waals surface area contributed by atoms with Crippen LogP contribution in [0.4, 0.5) is 0 Å². The molecule has 0 spiro atoms. The van der Waals surface area contributed by atoms with Crippen LogP contribution in [-0.4, -0.2) is 45.8 Å². The van der Waals surface area contributed by atoms with E-state index < -0.39 is 0 Å². The third-order valence-corrected chi connectivity index (χ3v) is 4.83. The van der Waals surface area contributed by atoms with Crippen molar-refractivity contribution < 1.29 is 9.53 Å². The van der Waals surface area contributed by atoms with Gasteiger partial charge in [0, 0.05) is 30.4 Å². The third-order valence-electron chi connectivity index (χ3n) is 4.83. The van der Waals surface area contributed by atoms with Crippen molar-refractivity contribution in [3.05, 3.63) is 59.8 Å². The van der Waals surface area contributed by atoms with Gasteiger partial charge in [0.05, 0.1) is 12.8 Å². The first-order valence-corrected chi connectivity index (χ1v) is 8.99. The molecule has 0 saturated heterocycles. The number of pyridine rings is 1. The normalized spacial score (nSPS) is 13.0.